The fraction of sp³-hybridized carbons (Fsp3) is 0.600. The molecule has 0 unspecified atom stereocenters. The number of epoxide rings is 1. The molecule has 62 valence electrons. The van der Waals surface area contributed by atoms with Gasteiger partial charge in [-0.2, -0.15) is 0 Å². The Labute approximate surface area is 68.8 Å². The third kappa shape index (κ3) is 3.38. The average Bonchev–Trinajstić information content (AvgIpc) is 2.66. The first-order valence-electron chi connectivity index (χ1n) is 4.14. The molecular weight excluding hydrogens is 136 g/mol. The lowest BCUT2D eigenvalue weighted by atomic mass is 10.0. The predicted octanol–water partition coefficient (Wildman–Crippen LogP) is 2.54. The number of hydrogen-bond acceptors (Lipinski definition) is 1. The van der Waals surface area contributed by atoms with Crippen molar-refractivity contribution < 1.29 is 4.74 Å². The average molecular weight is 152 g/mol. The summed E-state index contributed by atoms with van der Waals surface area (Å²) in [6.07, 6.45) is 5.88. The van der Waals surface area contributed by atoms with Crippen molar-refractivity contribution in [1.29, 1.82) is 0 Å². The zero-order valence-corrected chi connectivity index (χ0v) is 7.34. The van der Waals surface area contributed by atoms with Gasteiger partial charge in [0.2, 0.25) is 0 Å². The van der Waals surface area contributed by atoms with E-state index in [1.54, 1.807) is 0 Å². The van der Waals surface area contributed by atoms with Gasteiger partial charge in [0.05, 0.1) is 12.7 Å². The lowest BCUT2D eigenvalue weighted by molar-refractivity contribution is 0.343. The molecule has 0 bridgehead atoms. The van der Waals surface area contributed by atoms with Crippen LogP contribution >= 0.6 is 0 Å². The molecule has 1 nitrogen and oxygen atoms in total. The zero-order chi connectivity index (χ0) is 8.27. The Bertz CT molecular complexity index is 166. The lowest BCUT2D eigenvalue weighted by Crippen LogP contribution is -2.00. The zero-order valence-electron chi connectivity index (χ0n) is 7.34. The first kappa shape index (κ1) is 8.54. The van der Waals surface area contributed by atoms with Crippen LogP contribution in [0.3, 0.4) is 0 Å². The molecule has 1 aliphatic heterocycles. The van der Waals surface area contributed by atoms with Crippen LogP contribution in [0.5, 0.6) is 0 Å². The molecule has 11 heavy (non-hydrogen) atoms. The Hall–Kier alpha value is -0.560. The van der Waals surface area contributed by atoms with E-state index in [0.717, 1.165) is 18.6 Å². The van der Waals surface area contributed by atoms with E-state index in [2.05, 4.69) is 25.7 Å². The fourth-order valence-electron chi connectivity index (χ4n) is 1.02. The predicted molar refractivity (Wildman–Crippen MR) is 47.5 cm³/mol. The standard InChI is InChI=1S/C10H16O/c1-8(2)5-4-6-9(3)10-7-11-10/h4-5,9-10H,1,6-7H2,2-3H3/b5-4+/t9-,10-/m0/s1. The molecule has 1 heterocycles. The minimum Gasteiger partial charge on any atom is -0.373 e. The van der Waals surface area contributed by atoms with Gasteiger partial charge < -0.3 is 4.74 Å². The Morgan fingerprint density at radius 3 is 2.91 bits per heavy atom. The van der Waals surface area contributed by atoms with Crippen LogP contribution in [0.1, 0.15) is 20.3 Å². The van der Waals surface area contributed by atoms with Crippen LogP contribution in [0, 0.1) is 5.92 Å². The van der Waals surface area contributed by atoms with Crippen LogP contribution < -0.4 is 0 Å². The minimum absolute atomic E-state index is 0.532. The van der Waals surface area contributed by atoms with Crippen molar-refractivity contribution in [2.75, 3.05) is 6.61 Å². The molecule has 0 saturated carbocycles. The summed E-state index contributed by atoms with van der Waals surface area (Å²) >= 11 is 0. The first-order chi connectivity index (χ1) is 5.20. The Balaban J connectivity index is 2.14. The number of allylic oxidation sites excluding steroid dienone is 3. The molecule has 1 saturated heterocycles. The number of rotatable bonds is 4. The molecule has 1 aliphatic rings. The van der Waals surface area contributed by atoms with E-state index >= 15 is 0 Å². The molecule has 0 radical (unpaired) electrons. The Morgan fingerprint density at radius 2 is 2.45 bits per heavy atom. The summed E-state index contributed by atoms with van der Waals surface area (Å²) in [6, 6.07) is 0. The van der Waals surface area contributed by atoms with E-state index in [4.69, 9.17) is 4.74 Å². The Kier molecular flexibility index (Phi) is 2.89. The van der Waals surface area contributed by atoms with Crippen LogP contribution in [0.25, 0.3) is 0 Å². The highest BCUT2D eigenvalue weighted by Gasteiger charge is 2.27. The van der Waals surface area contributed by atoms with Crippen molar-refractivity contribution in [3.05, 3.63) is 24.3 Å². The summed E-state index contributed by atoms with van der Waals surface area (Å²) in [5.41, 5.74) is 1.12. The summed E-state index contributed by atoms with van der Waals surface area (Å²) < 4.78 is 5.17. The normalized spacial score (nSPS) is 25.5. The van der Waals surface area contributed by atoms with Gasteiger partial charge in [-0.05, 0) is 19.3 Å². The minimum atomic E-state index is 0.532. The molecule has 1 heteroatoms. The topological polar surface area (TPSA) is 12.5 Å². The quantitative estimate of drug-likeness (QED) is 0.445. The second-order valence-corrected chi connectivity index (χ2v) is 3.33. The molecule has 0 aromatic heterocycles. The molecule has 0 aromatic carbocycles. The van der Waals surface area contributed by atoms with Crippen molar-refractivity contribution in [3.63, 3.8) is 0 Å². The van der Waals surface area contributed by atoms with Crippen LogP contribution in [0.4, 0.5) is 0 Å². The number of ether oxygens (including phenoxy) is 1. The van der Waals surface area contributed by atoms with Gasteiger partial charge in [-0.3, -0.25) is 0 Å². The third-order valence-corrected chi connectivity index (χ3v) is 1.90. The largest absolute Gasteiger partial charge is 0.373 e. The lowest BCUT2D eigenvalue weighted by Gasteiger charge is -2.01. The fourth-order valence-corrected chi connectivity index (χ4v) is 1.02. The van der Waals surface area contributed by atoms with Gasteiger partial charge in [-0.1, -0.05) is 31.2 Å². The van der Waals surface area contributed by atoms with Crippen LogP contribution in [0.2, 0.25) is 0 Å². The van der Waals surface area contributed by atoms with Crippen LogP contribution in [0.15, 0.2) is 24.3 Å². The molecule has 0 spiro atoms. The van der Waals surface area contributed by atoms with Crippen molar-refractivity contribution in [2.24, 2.45) is 5.92 Å². The molecule has 0 amide bonds. The Morgan fingerprint density at radius 1 is 1.82 bits per heavy atom. The SMILES string of the molecule is C=C(C)/C=C/C[C@H](C)[C@@H]1CO1. The van der Waals surface area contributed by atoms with Gasteiger partial charge in [-0.15, -0.1) is 0 Å². The number of hydrogen-bond donors (Lipinski definition) is 0. The first-order valence-corrected chi connectivity index (χ1v) is 4.14. The maximum absolute atomic E-state index is 5.17. The summed E-state index contributed by atoms with van der Waals surface area (Å²) in [5.74, 6) is 0.672. The highest BCUT2D eigenvalue weighted by Crippen LogP contribution is 2.22. The van der Waals surface area contributed by atoms with Crippen molar-refractivity contribution in [3.8, 4) is 0 Å². The second kappa shape index (κ2) is 3.72. The van der Waals surface area contributed by atoms with Gasteiger partial charge in [0.15, 0.2) is 0 Å². The summed E-state index contributed by atoms with van der Waals surface area (Å²) in [5, 5.41) is 0. The third-order valence-electron chi connectivity index (χ3n) is 1.90. The molecule has 0 N–H and O–H groups in total. The maximum Gasteiger partial charge on any atom is 0.0838 e. The molecular formula is C10H16O. The molecule has 1 rings (SSSR count). The van der Waals surface area contributed by atoms with E-state index in [9.17, 15) is 0 Å². The van der Waals surface area contributed by atoms with Crippen molar-refractivity contribution in [1.82, 2.24) is 0 Å². The van der Waals surface area contributed by atoms with Gasteiger partial charge in [0.1, 0.15) is 0 Å². The van der Waals surface area contributed by atoms with Gasteiger partial charge in [0, 0.05) is 0 Å². The monoisotopic (exact) mass is 152 g/mol. The highest BCUT2D eigenvalue weighted by atomic mass is 16.6. The summed E-state index contributed by atoms with van der Waals surface area (Å²) in [4.78, 5) is 0. The van der Waals surface area contributed by atoms with Crippen molar-refractivity contribution in [2.45, 2.75) is 26.4 Å². The van der Waals surface area contributed by atoms with Crippen LogP contribution in [-0.4, -0.2) is 12.7 Å². The van der Waals surface area contributed by atoms with Gasteiger partial charge in [0.25, 0.3) is 0 Å². The van der Waals surface area contributed by atoms with E-state index in [1.165, 1.54) is 0 Å². The smallest absolute Gasteiger partial charge is 0.0838 e. The van der Waals surface area contributed by atoms with E-state index < -0.39 is 0 Å². The summed E-state index contributed by atoms with van der Waals surface area (Å²) in [6.45, 7) is 8.99. The van der Waals surface area contributed by atoms with Crippen LogP contribution in [-0.2, 0) is 4.74 Å². The molecule has 1 fully saturated rings. The molecule has 0 aliphatic carbocycles. The summed E-state index contributed by atoms with van der Waals surface area (Å²) in [7, 11) is 0. The van der Waals surface area contributed by atoms with Gasteiger partial charge >= 0.3 is 0 Å². The highest BCUT2D eigenvalue weighted by molar-refractivity contribution is 5.11. The van der Waals surface area contributed by atoms with Gasteiger partial charge in [-0.25, -0.2) is 0 Å². The van der Waals surface area contributed by atoms with E-state index in [0.29, 0.717) is 12.0 Å². The maximum atomic E-state index is 5.17. The van der Waals surface area contributed by atoms with E-state index in [-0.39, 0.29) is 0 Å². The van der Waals surface area contributed by atoms with E-state index in [1.807, 2.05) is 6.92 Å². The molecule has 2 atom stereocenters. The molecule has 0 aromatic rings. The van der Waals surface area contributed by atoms with Crippen molar-refractivity contribution >= 4 is 0 Å². The second-order valence-electron chi connectivity index (χ2n) is 3.33.